The maximum atomic E-state index is 10.4. The molecule has 8 heteroatoms. The molecule has 0 aromatic heterocycles. The van der Waals surface area contributed by atoms with Gasteiger partial charge in [0.2, 0.25) is 11.9 Å². The third-order valence-electron chi connectivity index (χ3n) is 1.68. The molecular formula is C8H6N2O6. The SMILES string of the molecule is O=[N+]([O-])C=Cc1cc(O)c(O)c([N+](=O)[O-])c1. The summed E-state index contributed by atoms with van der Waals surface area (Å²) in [6, 6.07) is 1.89. The van der Waals surface area contributed by atoms with Crippen molar-refractivity contribution in [3.8, 4) is 11.5 Å². The summed E-state index contributed by atoms with van der Waals surface area (Å²) in [4.78, 5) is 18.8. The van der Waals surface area contributed by atoms with E-state index in [-0.39, 0.29) is 5.56 Å². The Kier molecular flexibility index (Phi) is 3.04. The van der Waals surface area contributed by atoms with E-state index < -0.39 is 27.0 Å². The van der Waals surface area contributed by atoms with Crippen LogP contribution in [-0.2, 0) is 0 Å². The first-order valence-corrected chi connectivity index (χ1v) is 3.94. The van der Waals surface area contributed by atoms with E-state index in [1.165, 1.54) is 0 Å². The second-order valence-corrected chi connectivity index (χ2v) is 2.77. The van der Waals surface area contributed by atoms with E-state index in [1.54, 1.807) is 0 Å². The molecule has 0 aliphatic heterocycles. The van der Waals surface area contributed by atoms with Crippen molar-refractivity contribution in [2.24, 2.45) is 0 Å². The fourth-order valence-electron chi connectivity index (χ4n) is 1.01. The Morgan fingerprint density at radius 3 is 2.31 bits per heavy atom. The highest BCUT2D eigenvalue weighted by atomic mass is 16.6. The predicted molar refractivity (Wildman–Crippen MR) is 52.5 cm³/mol. The monoisotopic (exact) mass is 226 g/mol. The van der Waals surface area contributed by atoms with Gasteiger partial charge in [-0.2, -0.15) is 0 Å². The molecule has 2 N–H and O–H groups in total. The minimum atomic E-state index is -0.904. The average molecular weight is 226 g/mol. The van der Waals surface area contributed by atoms with Crippen LogP contribution < -0.4 is 0 Å². The van der Waals surface area contributed by atoms with Crippen LogP contribution in [0, 0.1) is 20.2 Å². The first-order chi connectivity index (χ1) is 7.41. The molecule has 16 heavy (non-hydrogen) atoms. The van der Waals surface area contributed by atoms with Gasteiger partial charge in [0.1, 0.15) is 0 Å². The zero-order valence-corrected chi connectivity index (χ0v) is 7.73. The fraction of sp³-hybridized carbons (Fsp3) is 0. The van der Waals surface area contributed by atoms with Gasteiger partial charge in [-0.25, -0.2) is 0 Å². The Morgan fingerprint density at radius 1 is 1.19 bits per heavy atom. The molecule has 0 radical (unpaired) electrons. The number of hydrogen-bond donors (Lipinski definition) is 2. The first-order valence-electron chi connectivity index (χ1n) is 3.94. The Labute approximate surface area is 88.4 Å². The van der Waals surface area contributed by atoms with E-state index in [0.29, 0.717) is 6.20 Å². The summed E-state index contributed by atoms with van der Waals surface area (Å²) < 4.78 is 0. The van der Waals surface area contributed by atoms with E-state index in [0.717, 1.165) is 18.2 Å². The lowest BCUT2D eigenvalue weighted by molar-refractivity contribution is -0.400. The average Bonchev–Trinajstić information content (AvgIpc) is 2.19. The van der Waals surface area contributed by atoms with Gasteiger partial charge < -0.3 is 10.2 Å². The minimum absolute atomic E-state index is 0.0405. The third kappa shape index (κ3) is 2.44. The zero-order chi connectivity index (χ0) is 12.3. The van der Waals surface area contributed by atoms with E-state index in [1.807, 2.05) is 0 Å². The molecular weight excluding hydrogens is 220 g/mol. The van der Waals surface area contributed by atoms with Crippen molar-refractivity contribution < 1.29 is 20.1 Å². The predicted octanol–water partition coefficient (Wildman–Crippen LogP) is 1.25. The van der Waals surface area contributed by atoms with Gasteiger partial charge in [-0.3, -0.25) is 20.2 Å². The molecule has 0 bridgehead atoms. The van der Waals surface area contributed by atoms with E-state index in [4.69, 9.17) is 10.2 Å². The largest absolute Gasteiger partial charge is 0.504 e. The van der Waals surface area contributed by atoms with Crippen LogP contribution in [0.25, 0.3) is 6.08 Å². The van der Waals surface area contributed by atoms with Crippen molar-refractivity contribution in [3.05, 3.63) is 44.1 Å². The van der Waals surface area contributed by atoms with Crippen LogP contribution in [0.5, 0.6) is 11.5 Å². The van der Waals surface area contributed by atoms with Gasteiger partial charge in [-0.05, 0) is 11.6 Å². The molecule has 0 saturated heterocycles. The summed E-state index contributed by atoms with van der Waals surface area (Å²) in [6.45, 7) is 0. The molecule has 0 heterocycles. The van der Waals surface area contributed by atoms with E-state index in [9.17, 15) is 20.2 Å². The molecule has 0 atom stereocenters. The number of nitro groups is 2. The normalized spacial score (nSPS) is 10.5. The van der Waals surface area contributed by atoms with Crippen molar-refractivity contribution in [2.75, 3.05) is 0 Å². The Balaban J connectivity index is 3.24. The standard InChI is InChI=1S/C8H6N2O6/c11-7-4-5(1-2-9(13)14)3-6(8(7)12)10(15)16/h1-4,11-12H. The maximum Gasteiger partial charge on any atom is 0.315 e. The maximum absolute atomic E-state index is 10.4. The number of rotatable bonds is 3. The zero-order valence-electron chi connectivity index (χ0n) is 7.73. The van der Waals surface area contributed by atoms with Crippen molar-refractivity contribution in [1.29, 1.82) is 0 Å². The summed E-state index contributed by atoms with van der Waals surface area (Å²) in [5, 5.41) is 38.7. The number of benzene rings is 1. The lowest BCUT2D eigenvalue weighted by atomic mass is 10.1. The van der Waals surface area contributed by atoms with Gasteiger partial charge in [0, 0.05) is 12.1 Å². The summed E-state index contributed by atoms with van der Waals surface area (Å²) in [7, 11) is 0. The molecule has 1 rings (SSSR count). The van der Waals surface area contributed by atoms with Crippen LogP contribution in [0.3, 0.4) is 0 Å². The molecule has 1 aromatic rings. The highest BCUT2D eigenvalue weighted by Crippen LogP contribution is 2.36. The van der Waals surface area contributed by atoms with Crippen molar-refractivity contribution in [2.45, 2.75) is 0 Å². The molecule has 0 saturated carbocycles. The van der Waals surface area contributed by atoms with Crippen LogP contribution in [-0.4, -0.2) is 20.1 Å². The van der Waals surface area contributed by atoms with Gasteiger partial charge in [0.15, 0.2) is 5.75 Å². The number of phenolic OH excluding ortho intramolecular Hbond substituents is 2. The topological polar surface area (TPSA) is 127 Å². The van der Waals surface area contributed by atoms with Gasteiger partial charge in [0.25, 0.3) is 0 Å². The Bertz CT molecular complexity index is 482. The van der Waals surface area contributed by atoms with E-state index in [2.05, 4.69) is 0 Å². The lowest BCUT2D eigenvalue weighted by Crippen LogP contribution is -1.90. The molecule has 84 valence electrons. The third-order valence-corrected chi connectivity index (χ3v) is 1.68. The van der Waals surface area contributed by atoms with Gasteiger partial charge in [-0.1, -0.05) is 0 Å². The molecule has 0 aliphatic carbocycles. The van der Waals surface area contributed by atoms with Crippen LogP contribution in [0.1, 0.15) is 5.56 Å². The molecule has 1 aromatic carbocycles. The second kappa shape index (κ2) is 4.26. The van der Waals surface area contributed by atoms with Crippen molar-refractivity contribution in [1.82, 2.24) is 0 Å². The fourth-order valence-corrected chi connectivity index (χ4v) is 1.01. The summed E-state index contributed by atoms with van der Waals surface area (Å²) in [6.07, 6.45) is 1.53. The lowest BCUT2D eigenvalue weighted by Gasteiger charge is -2.00. The molecule has 0 spiro atoms. The molecule has 0 unspecified atom stereocenters. The number of hydrogen-bond acceptors (Lipinski definition) is 6. The van der Waals surface area contributed by atoms with Crippen molar-refractivity contribution >= 4 is 11.8 Å². The Morgan fingerprint density at radius 2 is 1.81 bits per heavy atom. The van der Waals surface area contributed by atoms with Gasteiger partial charge in [-0.15, -0.1) is 0 Å². The van der Waals surface area contributed by atoms with Crippen LogP contribution in [0.2, 0.25) is 0 Å². The Hall–Kier alpha value is -2.64. The van der Waals surface area contributed by atoms with Gasteiger partial charge in [0.05, 0.1) is 9.85 Å². The quantitative estimate of drug-likeness (QED) is 0.453. The van der Waals surface area contributed by atoms with E-state index >= 15 is 0 Å². The van der Waals surface area contributed by atoms with Crippen LogP contribution in [0.4, 0.5) is 5.69 Å². The molecule has 0 fully saturated rings. The second-order valence-electron chi connectivity index (χ2n) is 2.77. The smallest absolute Gasteiger partial charge is 0.315 e. The van der Waals surface area contributed by atoms with Gasteiger partial charge >= 0.3 is 5.69 Å². The van der Waals surface area contributed by atoms with Crippen LogP contribution in [0.15, 0.2) is 18.3 Å². The highest BCUT2D eigenvalue weighted by Gasteiger charge is 2.18. The van der Waals surface area contributed by atoms with Crippen LogP contribution >= 0.6 is 0 Å². The number of aromatic hydroxyl groups is 2. The summed E-state index contributed by atoms with van der Waals surface area (Å²) in [5.74, 6) is -1.58. The highest BCUT2D eigenvalue weighted by molar-refractivity contribution is 5.63. The summed E-state index contributed by atoms with van der Waals surface area (Å²) >= 11 is 0. The van der Waals surface area contributed by atoms with Crippen molar-refractivity contribution in [3.63, 3.8) is 0 Å². The molecule has 0 aliphatic rings. The number of phenols is 2. The molecule has 8 nitrogen and oxygen atoms in total. The number of nitro benzene ring substituents is 1. The first kappa shape index (κ1) is 11.4. The summed E-state index contributed by atoms with van der Waals surface area (Å²) in [5.41, 5.74) is -0.679. The minimum Gasteiger partial charge on any atom is -0.504 e. The molecule has 0 amide bonds. The number of nitrogens with zero attached hydrogens (tertiary/aromatic N) is 2.